The molecule has 7 rings (SSSR count). The van der Waals surface area contributed by atoms with E-state index in [4.69, 9.17) is 23.4 Å². The number of furan rings is 1. The van der Waals surface area contributed by atoms with Crippen molar-refractivity contribution < 1.29 is 47.6 Å². The molecule has 3 aliphatic carbocycles. The first-order valence-electron chi connectivity index (χ1n) is 13.7. The normalized spacial score (nSPS) is 48.0. The van der Waals surface area contributed by atoms with Crippen LogP contribution in [0.3, 0.4) is 0 Å². The molecule has 1 aromatic heterocycles. The van der Waals surface area contributed by atoms with Gasteiger partial charge in [0.15, 0.2) is 17.7 Å². The van der Waals surface area contributed by atoms with Gasteiger partial charge in [0, 0.05) is 53.9 Å². The molecular formula is C29H36O10. The van der Waals surface area contributed by atoms with Crippen molar-refractivity contribution >= 4 is 23.7 Å². The highest BCUT2D eigenvalue weighted by Gasteiger charge is 2.84. The molecule has 4 bridgehead atoms. The third kappa shape index (κ3) is 3.21. The summed E-state index contributed by atoms with van der Waals surface area (Å²) in [7, 11) is 1.30. The molecule has 1 aromatic rings. The Labute approximate surface area is 226 Å². The Hall–Kier alpha value is -2.72. The van der Waals surface area contributed by atoms with E-state index < -0.39 is 69.6 Å². The summed E-state index contributed by atoms with van der Waals surface area (Å²) in [5.41, 5.74) is -3.19. The summed E-state index contributed by atoms with van der Waals surface area (Å²) in [5, 5.41) is 12.4. The number of cyclic esters (lactones) is 1. The Bertz CT molecular complexity index is 1240. The van der Waals surface area contributed by atoms with Gasteiger partial charge in [-0.05, 0) is 30.7 Å². The van der Waals surface area contributed by atoms with E-state index in [0.717, 1.165) is 5.56 Å². The molecule has 0 aromatic carbocycles. The van der Waals surface area contributed by atoms with Crippen molar-refractivity contribution in [2.45, 2.75) is 89.8 Å². The fraction of sp³-hybridized carbons (Fsp3) is 0.724. The number of aliphatic hydroxyl groups is 1. The highest BCUT2D eigenvalue weighted by atomic mass is 16.7. The molecule has 6 aliphatic rings. The summed E-state index contributed by atoms with van der Waals surface area (Å²) in [6.45, 7) is 7.01. The van der Waals surface area contributed by atoms with Crippen LogP contribution in [0.5, 0.6) is 0 Å². The van der Waals surface area contributed by atoms with Crippen molar-refractivity contribution in [1.82, 2.24) is 0 Å². The van der Waals surface area contributed by atoms with Crippen LogP contribution >= 0.6 is 0 Å². The molecule has 0 amide bonds. The Balaban J connectivity index is 1.55. The van der Waals surface area contributed by atoms with E-state index in [1.54, 1.807) is 19.3 Å². The van der Waals surface area contributed by atoms with E-state index in [1.165, 1.54) is 20.3 Å². The first kappa shape index (κ1) is 26.5. The number of Topliss-reactive ketones (excluding diaryl/α,β-unsaturated/α-hetero) is 1. The highest BCUT2D eigenvalue weighted by Crippen LogP contribution is 2.79. The molecule has 10 heteroatoms. The van der Waals surface area contributed by atoms with E-state index in [2.05, 4.69) is 0 Å². The van der Waals surface area contributed by atoms with Crippen LogP contribution in [0.15, 0.2) is 23.0 Å². The molecule has 212 valence electrons. The third-order valence-corrected chi connectivity index (χ3v) is 11.3. The molecule has 6 fully saturated rings. The molecule has 3 aliphatic heterocycles. The second kappa shape index (κ2) is 8.16. The van der Waals surface area contributed by atoms with Gasteiger partial charge in [-0.25, -0.2) is 0 Å². The first-order valence-corrected chi connectivity index (χ1v) is 13.7. The molecule has 10 atom stereocenters. The minimum atomic E-state index is -1.72. The van der Waals surface area contributed by atoms with E-state index in [1.807, 2.05) is 13.8 Å². The molecule has 39 heavy (non-hydrogen) atoms. The molecule has 4 heterocycles. The number of hydrogen-bond donors (Lipinski definition) is 1. The topological polar surface area (TPSA) is 139 Å². The lowest BCUT2D eigenvalue weighted by Gasteiger charge is -2.61. The lowest BCUT2D eigenvalue weighted by atomic mass is 9.45. The molecule has 0 unspecified atom stereocenters. The summed E-state index contributed by atoms with van der Waals surface area (Å²) in [4.78, 5) is 52.3. The zero-order valence-corrected chi connectivity index (χ0v) is 23.0. The zero-order valence-electron chi connectivity index (χ0n) is 23.0. The van der Waals surface area contributed by atoms with Crippen molar-refractivity contribution in [2.75, 3.05) is 7.11 Å². The predicted molar refractivity (Wildman–Crippen MR) is 131 cm³/mol. The van der Waals surface area contributed by atoms with Gasteiger partial charge < -0.3 is 28.5 Å². The largest absolute Gasteiger partial charge is 0.472 e. The van der Waals surface area contributed by atoms with Crippen LogP contribution < -0.4 is 0 Å². The number of ether oxygens (including phenoxy) is 4. The van der Waals surface area contributed by atoms with Crippen molar-refractivity contribution in [2.24, 2.45) is 34.0 Å². The number of carbonyl (C=O) groups excluding carboxylic acids is 4. The van der Waals surface area contributed by atoms with Gasteiger partial charge in [-0.15, -0.1) is 0 Å². The van der Waals surface area contributed by atoms with Crippen LogP contribution in [-0.2, 0) is 38.1 Å². The van der Waals surface area contributed by atoms with Crippen LogP contribution in [0.4, 0.5) is 0 Å². The van der Waals surface area contributed by atoms with Crippen molar-refractivity contribution in [3.05, 3.63) is 24.2 Å². The van der Waals surface area contributed by atoms with Gasteiger partial charge in [0.25, 0.3) is 0 Å². The molecule has 3 saturated heterocycles. The monoisotopic (exact) mass is 544 g/mol. The van der Waals surface area contributed by atoms with Gasteiger partial charge in [-0.1, -0.05) is 20.8 Å². The number of esters is 3. The summed E-state index contributed by atoms with van der Waals surface area (Å²) >= 11 is 0. The number of rotatable bonds is 4. The summed E-state index contributed by atoms with van der Waals surface area (Å²) in [6, 6.07) is 1.77. The predicted octanol–water partition coefficient (Wildman–Crippen LogP) is 3.26. The van der Waals surface area contributed by atoms with Crippen LogP contribution in [-0.4, -0.2) is 53.4 Å². The van der Waals surface area contributed by atoms with Gasteiger partial charge in [0.1, 0.15) is 6.10 Å². The fourth-order valence-electron chi connectivity index (χ4n) is 9.81. The lowest BCUT2D eigenvalue weighted by molar-refractivity contribution is -0.289. The van der Waals surface area contributed by atoms with Crippen LogP contribution in [0, 0.1) is 34.0 Å². The Morgan fingerprint density at radius 1 is 1.15 bits per heavy atom. The summed E-state index contributed by atoms with van der Waals surface area (Å²) < 4.78 is 28.8. The average Bonchev–Trinajstić information content (AvgIpc) is 3.49. The number of hydrogen-bond acceptors (Lipinski definition) is 10. The smallest absolute Gasteiger partial charge is 0.306 e. The van der Waals surface area contributed by atoms with E-state index in [9.17, 15) is 24.3 Å². The zero-order chi connectivity index (χ0) is 28.2. The van der Waals surface area contributed by atoms with Gasteiger partial charge in [-0.3, -0.25) is 19.2 Å². The van der Waals surface area contributed by atoms with Crippen LogP contribution in [0.2, 0.25) is 0 Å². The maximum Gasteiger partial charge on any atom is 0.306 e. The Morgan fingerprint density at radius 2 is 1.90 bits per heavy atom. The van der Waals surface area contributed by atoms with E-state index >= 15 is 0 Å². The van der Waals surface area contributed by atoms with Crippen LogP contribution in [0.25, 0.3) is 0 Å². The lowest BCUT2D eigenvalue weighted by Crippen LogP contribution is -2.65. The van der Waals surface area contributed by atoms with Crippen molar-refractivity contribution in [3.63, 3.8) is 0 Å². The van der Waals surface area contributed by atoms with Crippen LogP contribution in [0.1, 0.15) is 77.9 Å². The number of carbonyl (C=O) groups is 4. The maximum absolute atomic E-state index is 14.2. The molecule has 1 N–H and O–H groups in total. The number of ketones is 1. The Morgan fingerprint density at radius 3 is 2.54 bits per heavy atom. The molecule has 1 spiro atoms. The SMILES string of the molecule is COC(=O)C[C@H]1[C@@]2(C)C[C@]3(O)O[C@@]4(CC(=O)[C@H]2OC(C)=O)[C@@H]2CC(=O)O[C@@H](c5ccoc5)[C@]2(C)CC[C@@H]4[C@]13C. The Kier molecular flexibility index (Phi) is 5.54. The molecule has 10 nitrogen and oxygen atoms in total. The standard InChI is InChI=1S/C29H36O10/c1-15(30)37-24-17(31)12-28-18(27(4)19(10-21(32)35-5)26(24,3)14-29(27,34)39-28)6-8-25(2)20(28)11-22(33)38-23(25)16-7-9-36-13-16/h7,9,13,18-20,23-24,34H,6,8,10-12,14H2,1-5H3/t18-,19+,20-,23+,24-,25-,26-,27-,28-,29+/m1/s1. The fourth-order valence-corrected chi connectivity index (χ4v) is 9.81. The van der Waals surface area contributed by atoms with Crippen molar-refractivity contribution in [3.8, 4) is 0 Å². The minimum absolute atomic E-state index is 0.000856. The van der Waals surface area contributed by atoms with Gasteiger partial charge in [0.05, 0.1) is 31.7 Å². The molecule has 0 radical (unpaired) electrons. The maximum atomic E-state index is 14.2. The average molecular weight is 545 g/mol. The van der Waals surface area contributed by atoms with E-state index in [-0.39, 0.29) is 37.4 Å². The van der Waals surface area contributed by atoms with E-state index in [0.29, 0.717) is 12.8 Å². The third-order valence-electron chi connectivity index (χ3n) is 11.3. The molecular weight excluding hydrogens is 508 g/mol. The second-order valence-corrected chi connectivity index (χ2v) is 13.1. The summed E-state index contributed by atoms with van der Waals surface area (Å²) in [6.07, 6.45) is 2.32. The van der Waals surface area contributed by atoms with Gasteiger partial charge in [0.2, 0.25) is 0 Å². The minimum Gasteiger partial charge on any atom is -0.472 e. The van der Waals surface area contributed by atoms with Gasteiger partial charge >= 0.3 is 17.9 Å². The number of methoxy groups -OCH3 is 1. The summed E-state index contributed by atoms with van der Waals surface area (Å²) in [5.74, 6) is -4.99. The molecule has 3 saturated carbocycles. The number of fused-ring (bicyclic) bond motifs is 3. The first-order chi connectivity index (χ1) is 18.2. The van der Waals surface area contributed by atoms with Gasteiger partial charge in [-0.2, -0.15) is 0 Å². The van der Waals surface area contributed by atoms with Crippen molar-refractivity contribution in [1.29, 1.82) is 0 Å². The highest BCUT2D eigenvalue weighted by molar-refractivity contribution is 5.88. The quantitative estimate of drug-likeness (QED) is 0.444. The second-order valence-electron chi connectivity index (χ2n) is 13.1.